The molecule has 1 aromatic carbocycles. The molecule has 1 aromatic rings. The van der Waals surface area contributed by atoms with E-state index in [4.69, 9.17) is 0 Å². The highest BCUT2D eigenvalue weighted by Crippen LogP contribution is 2.28. The molecule has 0 saturated carbocycles. The van der Waals surface area contributed by atoms with Crippen LogP contribution in [0.25, 0.3) is 0 Å². The predicted octanol–water partition coefficient (Wildman–Crippen LogP) is 2.64. The van der Waals surface area contributed by atoms with Gasteiger partial charge in [-0.15, -0.1) is 12.4 Å². The average Bonchev–Trinajstić information content (AvgIpc) is 2.95. The first-order valence-corrected chi connectivity index (χ1v) is 7.72. The Morgan fingerprint density at radius 1 is 1.24 bits per heavy atom. The Balaban J connectivity index is 0.00000161. The molecule has 0 bridgehead atoms. The molecule has 1 N–H and O–H groups in total. The number of nitrogens with zero attached hydrogens (tertiary/aromatic N) is 2. The van der Waals surface area contributed by atoms with Crippen molar-refractivity contribution in [3.05, 3.63) is 29.6 Å². The monoisotopic (exact) mass is 313 g/mol. The Hall–Kier alpha value is -0.840. The van der Waals surface area contributed by atoms with Crippen LogP contribution in [0.5, 0.6) is 0 Å². The van der Waals surface area contributed by atoms with Crippen LogP contribution in [0.3, 0.4) is 0 Å². The lowest BCUT2D eigenvalue weighted by Crippen LogP contribution is -2.48. The number of piperazine rings is 1. The number of halogens is 2. The second kappa shape index (κ2) is 7.43. The maximum atomic E-state index is 14.3. The Bertz CT molecular complexity index is 463. The van der Waals surface area contributed by atoms with Crippen molar-refractivity contribution in [1.82, 2.24) is 10.2 Å². The van der Waals surface area contributed by atoms with Gasteiger partial charge in [-0.1, -0.05) is 6.07 Å². The van der Waals surface area contributed by atoms with Gasteiger partial charge in [0.1, 0.15) is 5.82 Å². The van der Waals surface area contributed by atoms with Crippen molar-refractivity contribution in [2.75, 3.05) is 37.6 Å². The van der Waals surface area contributed by atoms with Crippen molar-refractivity contribution in [3.8, 4) is 0 Å². The molecule has 5 heteroatoms. The Morgan fingerprint density at radius 2 is 2.00 bits per heavy atom. The van der Waals surface area contributed by atoms with Gasteiger partial charge in [0.15, 0.2) is 0 Å². The van der Waals surface area contributed by atoms with E-state index in [1.807, 2.05) is 6.07 Å². The third kappa shape index (κ3) is 3.87. The van der Waals surface area contributed by atoms with Crippen molar-refractivity contribution >= 4 is 18.1 Å². The van der Waals surface area contributed by atoms with Crippen molar-refractivity contribution < 1.29 is 4.39 Å². The van der Waals surface area contributed by atoms with E-state index in [0.29, 0.717) is 6.04 Å². The number of nitrogens with one attached hydrogen (secondary N) is 1. The molecule has 1 atom stereocenters. The average molecular weight is 314 g/mol. The summed E-state index contributed by atoms with van der Waals surface area (Å²) in [5, 5.41) is 3.44. The second-order valence-electron chi connectivity index (χ2n) is 6.02. The van der Waals surface area contributed by atoms with E-state index in [0.717, 1.165) is 50.5 Å². The van der Waals surface area contributed by atoms with Crippen LogP contribution >= 0.6 is 12.4 Å². The molecular formula is C16H25ClFN3. The number of hydrogen-bond acceptors (Lipinski definition) is 3. The fourth-order valence-corrected chi connectivity index (χ4v) is 3.34. The molecule has 0 unspecified atom stereocenters. The van der Waals surface area contributed by atoms with Gasteiger partial charge in [-0.05, 0) is 31.9 Å². The molecule has 2 fully saturated rings. The first kappa shape index (κ1) is 16.5. The largest absolute Gasteiger partial charge is 0.371 e. The fourth-order valence-electron chi connectivity index (χ4n) is 3.34. The highest BCUT2D eigenvalue weighted by atomic mass is 35.5. The van der Waals surface area contributed by atoms with E-state index in [-0.39, 0.29) is 18.2 Å². The Labute approximate surface area is 132 Å². The van der Waals surface area contributed by atoms with E-state index < -0.39 is 0 Å². The summed E-state index contributed by atoms with van der Waals surface area (Å²) in [4.78, 5) is 4.70. The fraction of sp³-hybridized carbons (Fsp3) is 0.625. The second-order valence-corrected chi connectivity index (χ2v) is 6.02. The van der Waals surface area contributed by atoms with E-state index in [9.17, 15) is 4.39 Å². The number of rotatable bonds is 3. The van der Waals surface area contributed by atoms with Crippen LogP contribution in [0, 0.1) is 5.82 Å². The van der Waals surface area contributed by atoms with Crippen molar-refractivity contribution in [3.63, 3.8) is 0 Å². The molecule has 0 amide bonds. The van der Waals surface area contributed by atoms with Gasteiger partial charge in [0.25, 0.3) is 0 Å². The normalized spacial score (nSPS) is 23.1. The molecule has 2 aliphatic rings. The Kier molecular flexibility index (Phi) is 5.85. The molecule has 21 heavy (non-hydrogen) atoms. The van der Waals surface area contributed by atoms with Crippen molar-refractivity contribution in [1.29, 1.82) is 0 Å². The minimum Gasteiger partial charge on any atom is -0.371 e. The van der Waals surface area contributed by atoms with Gasteiger partial charge < -0.3 is 10.2 Å². The molecule has 2 saturated heterocycles. The Morgan fingerprint density at radius 3 is 2.71 bits per heavy atom. The van der Waals surface area contributed by atoms with Gasteiger partial charge in [-0.3, -0.25) is 4.90 Å². The third-order valence-corrected chi connectivity index (χ3v) is 4.38. The first-order chi connectivity index (χ1) is 9.74. The molecular weight excluding hydrogens is 289 g/mol. The van der Waals surface area contributed by atoms with Crippen molar-refractivity contribution in [2.45, 2.75) is 32.4 Å². The maximum Gasteiger partial charge on any atom is 0.129 e. The predicted molar refractivity (Wildman–Crippen MR) is 87.8 cm³/mol. The zero-order valence-corrected chi connectivity index (χ0v) is 13.5. The number of anilines is 1. The molecule has 0 spiro atoms. The minimum atomic E-state index is -0.0550. The van der Waals surface area contributed by atoms with Gasteiger partial charge in [0, 0.05) is 56.6 Å². The summed E-state index contributed by atoms with van der Waals surface area (Å²) in [6, 6.07) is 6.01. The maximum absolute atomic E-state index is 14.3. The molecule has 0 radical (unpaired) electrons. The topological polar surface area (TPSA) is 18.5 Å². The molecule has 118 valence electrons. The lowest BCUT2D eigenvalue weighted by atomic mass is 10.1. The lowest BCUT2D eigenvalue weighted by Gasteiger charge is -2.33. The molecule has 0 aliphatic carbocycles. The van der Waals surface area contributed by atoms with E-state index in [2.05, 4.69) is 28.1 Å². The smallest absolute Gasteiger partial charge is 0.129 e. The molecule has 2 aliphatic heterocycles. The number of benzene rings is 1. The quantitative estimate of drug-likeness (QED) is 0.925. The van der Waals surface area contributed by atoms with E-state index in [1.54, 1.807) is 6.07 Å². The van der Waals surface area contributed by atoms with Gasteiger partial charge in [-0.2, -0.15) is 0 Å². The zero-order chi connectivity index (χ0) is 13.9. The van der Waals surface area contributed by atoms with Crippen LogP contribution < -0.4 is 10.2 Å². The SMILES string of the molecule is C[C@@H]1CN(Cc2c(F)cccc2N2CCCC2)CCN1.Cl. The summed E-state index contributed by atoms with van der Waals surface area (Å²) in [5.74, 6) is -0.0550. The van der Waals surface area contributed by atoms with E-state index in [1.165, 1.54) is 12.8 Å². The van der Waals surface area contributed by atoms with Crippen LogP contribution in [0.4, 0.5) is 10.1 Å². The van der Waals surface area contributed by atoms with Crippen LogP contribution in [0.1, 0.15) is 25.3 Å². The highest BCUT2D eigenvalue weighted by molar-refractivity contribution is 5.85. The lowest BCUT2D eigenvalue weighted by molar-refractivity contribution is 0.197. The van der Waals surface area contributed by atoms with Gasteiger partial charge in [0.05, 0.1) is 0 Å². The van der Waals surface area contributed by atoms with Gasteiger partial charge in [0.2, 0.25) is 0 Å². The first-order valence-electron chi connectivity index (χ1n) is 7.72. The van der Waals surface area contributed by atoms with Crippen molar-refractivity contribution in [2.24, 2.45) is 0 Å². The van der Waals surface area contributed by atoms with Crippen LogP contribution in [-0.2, 0) is 6.54 Å². The minimum absolute atomic E-state index is 0. The number of hydrogen-bond donors (Lipinski definition) is 1. The summed E-state index contributed by atoms with van der Waals surface area (Å²) in [7, 11) is 0. The summed E-state index contributed by atoms with van der Waals surface area (Å²) in [6.07, 6.45) is 2.45. The summed E-state index contributed by atoms with van der Waals surface area (Å²) in [5.41, 5.74) is 1.98. The van der Waals surface area contributed by atoms with Gasteiger partial charge >= 0.3 is 0 Å². The zero-order valence-electron chi connectivity index (χ0n) is 12.6. The molecule has 3 nitrogen and oxygen atoms in total. The summed E-state index contributed by atoms with van der Waals surface area (Å²) in [6.45, 7) is 8.03. The van der Waals surface area contributed by atoms with Crippen LogP contribution in [-0.4, -0.2) is 43.7 Å². The van der Waals surface area contributed by atoms with Crippen LogP contribution in [0.2, 0.25) is 0 Å². The summed E-state index contributed by atoms with van der Waals surface area (Å²) >= 11 is 0. The van der Waals surface area contributed by atoms with E-state index >= 15 is 0 Å². The summed E-state index contributed by atoms with van der Waals surface area (Å²) < 4.78 is 14.3. The standard InChI is InChI=1S/C16H24FN3.ClH/c1-13-11-19(10-7-18-13)12-14-15(17)5-4-6-16(14)20-8-2-3-9-20;/h4-6,13,18H,2-3,7-12H2,1H3;1H/t13-;/m1./s1. The highest BCUT2D eigenvalue weighted by Gasteiger charge is 2.22. The third-order valence-electron chi connectivity index (χ3n) is 4.38. The molecule has 3 rings (SSSR count). The van der Waals surface area contributed by atoms with Crippen LogP contribution in [0.15, 0.2) is 18.2 Å². The molecule has 0 aromatic heterocycles. The molecule has 2 heterocycles. The van der Waals surface area contributed by atoms with Gasteiger partial charge in [-0.25, -0.2) is 4.39 Å².